The van der Waals surface area contributed by atoms with Gasteiger partial charge in [-0.1, -0.05) is 45.3 Å². The van der Waals surface area contributed by atoms with Crippen molar-refractivity contribution in [2.45, 2.75) is 128 Å². The smallest absolute Gasteiger partial charge is 0.410 e. The second-order valence-electron chi connectivity index (χ2n) is 17.2. The van der Waals surface area contributed by atoms with Crippen molar-refractivity contribution in [3.63, 3.8) is 0 Å². The van der Waals surface area contributed by atoms with Gasteiger partial charge in [-0.2, -0.15) is 9.61 Å². The summed E-state index contributed by atoms with van der Waals surface area (Å²) in [5.41, 5.74) is 3.55. The fourth-order valence-corrected chi connectivity index (χ4v) is 8.10. The predicted molar refractivity (Wildman–Crippen MR) is 199 cm³/mol. The van der Waals surface area contributed by atoms with Crippen LogP contribution in [0.4, 0.5) is 10.6 Å². The molecule has 1 N–H and O–H groups in total. The number of ether oxygens (including phenoxy) is 3. The Morgan fingerprint density at radius 2 is 1.57 bits per heavy atom. The number of pyridine rings is 1. The summed E-state index contributed by atoms with van der Waals surface area (Å²) in [5, 5.41) is 14.4. The van der Waals surface area contributed by atoms with Crippen LogP contribution >= 0.6 is 0 Å². The Balaban J connectivity index is 1.51. The first-order chi connectivity index (χ1) is 23.0. The third-order valence-corrected chi connectivity index (χ3v) is 12.7. The standard InChI is InChI=1S/C36H58N6O5Si2/c1-36(2,3)47-35(44)41-29-12-13-30(41)19-27(18-29)32-20-33(40(24-45-14-16-48(4,5)6)25-46-15-17-49(7,8)9)42-34(39-32)31(22-38-42)26-10-11-28(23-43)37-21-26/h10-11,20-22,27,29-30,43H,12-19,23-25H2,1-9H3/t27-,29+,30-. The lowest BCUT2D eigenvalue weighted by Crippen LogP contribution is -2.48. The van der Waals surface area contributed by atoms with E-state index in [9.17, 15) is 9.90 Å². The van der Waals surface area contributed by atoms with Crippen LogP contribution in [0.25, 0.3) is 16.8 Å². The molecule has 3 aromatic heterocycles. The summed E-state index contributed by atoms with van der Waals surface area (Å²) in [6.07, 6.45) is 7.00. The number of carbonyl (C=O) groups is 1. The second kappa shape index (κ2) is 15.2. The van der Waals surface area contributed by atoms with Crippen molar-refractivity contribution >= 4 is 33.7 Å². The second-order valence-corrected chi connectivity index (χ2v) is 28.4. The number of aromatic nitrogens is 4. The van der Waals surface area contributed by atoms with Gasteiger partial charge in [0.25, 0.3) is 0 Å². The SMILES string of the molecule is CC(C)(C)OC(=O)N1[C@@H]2CC[C@H]1C[C@@H](c1cc(N(COCC[Si](C)(C)C)COCC[Si](C)(C)C)n3ncc(-c4ccc(CO)nc4)c3n1)C2. The maximum Gasteiger partial charge on any atom is 0.410 e. The van der Waals surface area contributed by atoms with Crippen LogP contribution in [0, 0.1) is 0 Å². The summed E-state index contributed by atoms with van der Waals surface area (Å²) in [6.45, 7) is 22.0. The van der Waals surface area contributed by atoms with Crippen LogP contribution in [0.3, 0.4) is 0 Å². The maximum atomic E-state index is 13.2. The minimum absolute atomic E-state index is 0.115. The van der Waals surface area contributed by atoms with Gasteiger partial charge in [-0.25, -0.2) is 9.78 Å². The van der Waals surface area contributed by atoms with Gasteiger partial charge < -0.3 is 29.1 Å². The molecule has 270 valence electrons. The Bertz CT molecular complexity index is 1530. The van der Waals surface area contributed by atoms with Crippen molar-refractivity contribution in [1.29, 1.82) is 0 Å². The van der Waals surface area contributed by atoms with E-state index in [0.29, 0.717) is 32.4 Å². The molecule has 2 aliphatic rings. The van der Waals surface area contributed by atoms with Gasteiger partial charge in [0.15, 0.2) is 5.65 Å². The summed E-state index contributed by atoms with van der Waals surface area (Å²) >= 11 is 0. The highest BCUT2D eigenvalue weighted by Crippen LogP contribution is 2.44. The Kier molecular flexibility index (Phi) is 11.6. The van der Waals surface area contributed by atoms with E-state index in [1.165, 1.54) is 0 Å². The zero-order valence-electron chi connectivity index (χ0n) is 31.2. The number of piperidine rings is 1. The van der Waals surface area contributed by atoms with Crippen molar-refractivity contribution in [2.75, 3.05) is 31.6 Å². The molecule has 0 spiro atoms. The summed E-state index contributed by atoms with van der Waals surface area (Å²) in [7, 11) is -2.54. The monoisotopic (exact) mass is 710 g/mol. The molecule has 0 aliphatic carbocycles. The highest BCUT2D eigenvalue weighted by atomic mass is 28.3. The number of hydrogen-bond acceptors (Lipinski definition) is 9. The average molecular weight is 711 g/mol. The molecule has 11 nitrogen and oxygen atoms in total. The van der Waals surface area contributed by atoms with E-state index < -0.39 is 21.7 Å². The molecule has 2 bridgehead atoms. The molecule has 0 saturated carbocycles. The van der Waals surface area contributed by atoms with E-state index in [-0.39, 0.29) is 30.7 Å². The van der Waals surface area contributed by atoms with E-state index in [4.69, 9.17) is 24.3 Å². The van der Waals surface area contributed by atoms with Crippen molar-refractivity contribution < 1.29 is 24.1 Å². The molecule has 49 heavy (non-hydrogen) atoms. The summed E-state index contributed by atoms with van der Waals surface area (Å²) < 4.78 is 20.4. The van der Waals surface area contributed by atoms with Gasteiger partial charge in [0.2, 0.25) is 0 Å². The van der Waals surface area contributed by atoms with Gasteiger partial charge in [-0.05, 0) is 64.6 Å². The number of rotatable bonds is 14. The Morgan fingerprint density at radius 1 is 0.959 bits per heavy atom. The lowest BCUT2D eigenvalue weighted by atomic mass is 9.88. The van der Waals surface area contributed by atoms with Gasteiger partial charge in [0.05, 0.1) is 18.5 Å². The Hall–Kier alpha value is -2.85. The van der Waals surface area contributed by atoms with Crippen LogP contribution in [0.15, 0.2) is 30.6 Å². The topological polar surface area (TPSA) is 115 Å². The number of amides is 1. The largest absolute Gasteiger partial charge is 0.444 e. The first kappa shape index (κ1) is 37.4. The van der Waals surface area contributed by atoms with Crippen LogP contribution in [0.1, 0.15) is 63.8 Å². The molecule has 13 heteroatoms. The van der Waals surface area contributed by atoms with Crippen LogP contribution in [-0.4, -0.2) is 96.2 Å². The van der Waals surface area contributed by atoms with E-state index in [2.05, 4.69) is 55.2 Å². The predicted octanol–water partition coefficient (Wildman–Crippen LogP) is 7.36. The lowest BCUT2D eigenvalue weighted by molar-refractivity contribution is 0.00569. The molecule has 5 rings (SSSR count). The Labute approximate surface area is 294 Å². The first-order valence-corrected chi connectivity index (χ1v) is 25.3. The molecule has 2 fully saturated rings. The summed E-state index contributed by atoms with van der Waals surface area (Å²) in [6, 6.07) is 8.34. The third-order valence-electron chi connectivity index (χ3n) is 9.34. The van der Waals surface area contributed by atoms with E-state index >= 15 is 0 Å². The lowest BCUT2D eigenvalue weighted by Gasteiger charge is -2.39. The highest BCUT2D eigenvalue weighted by molar-refractivity contribution is 6.76. The summed E-state index contributed by atoms with van der Waals surface area (Å²) in [5.74, 6) is 1.04. The fraction of sp³-hybridized carbons (Fsp3) is 0.667. The van der Waals surface area contributed by atoms with Crippen LogP contribution < -0.4 is 4.90 Å². The van der Waals surface area contributed by atoms with Crippen molar-refractivity contribution in [2.24, 2.45) is 0 Å². The molecule has 0 radical (unpaired) electrons. The van der Waals surface area contributed by atoms with E-state index in [1.54, 1.807) is 6.20 Å². The number of anilines is 1. The number of fused-ring (bicyclic) bond motifs is 3. The number of hydrogen-bond donors (Lipinski definition) is 1. The summed E-state index contributed by atoms with van der Waals surface area (Å²) in [4.78, 5) is 27.1. The van der Waals surface area contributed by atoms with Gasteiger partial charge in [0, 0.05) is 76.4 Å². The molecule has 2 saturated heterocycles. The molecule has 0 aromatic carbocycles. The highest BCUT2D eigenvalue weighted by Gasteiger charge is 2.45. The molecule has 3 aromatic rings. The number of nitrogens with zero attached hydrogens (tertiary/aromatic N) is 6. The van der Waals surface area contributed by atoms with Gasteiger partial charge in [-0.3, -0.25) is 4.98 Å². The van der Waals surface area contributed by atoms with Crippen LogP contribution in [0.2, 0.25) is 51.4 Å². The van der Waals surface area contributed by atoms with E-state index in [1.807, 2.05) is 48.5 Å². The van der Waals surface area contributed by atoms with Gasteiger partial charge >= 0.3 is 6.09 Å². The fourth-order valence-electron chi connectivity index (χ4n) is 6.59. The zero-order valence-corrected chi connectivity index (χ0v) is 33.2. The van der Waals surface area contributed by atoms with Crippen molar-refractivity contribution in [1.82, 2.24) is 24.5 Å². The molecule has 2 aliphatic heterocycles. The Morgan fingerprint density at radius 3 is 2.08 bits per heavy atom. The van der Waals surface area contributed by atoms with Crippen molar-refractivity contribution in [3.8, 4) is 11.1 Å². The molecule has 1 amide bonds. The minimum Gasteiger partial charge on any atom is -0.444 e. The zero-order chi connectivity index (χ0) is 35.6. The molecular weight excluding hydrogens is 653 g/mol. The molecular formula is C36H58N6O5Si2. The quantitative estimate of drug-likeness (QED) is 0.104. The molecule has 3 atom stereocenters. The molecule has 5 heterocycles. The minimum atomic E-state index is -1.27. The van der Waals surface area contributed by atoms with Gasteiger partial charge in [-0.15, -0.1) is 0 Å². The third kappa shape index (κ3) is 9.90. The molecule has 0 unspecified atom stereocenters. The number of carbonyl (C=O) groups excluding carboxylic acids is 1. The number of aliphatic hydroxyl groups excluding tert-OH is 1. The normalized spacial score (nSPS) is 19.9. The van der Waals surface area contributed by atoms with Crippen LogP contribution in [-0.2, 0) is 20.8 Å². The van der Waals surface area contributed by atoms with Crippen molar-refractivity contribution in [3.05, 3.63) is 42.0 Å². The number of aliphatic hydroxyl groups is 1. The van der Waals surface area contributed by atoms with Gasteiger partial charge in [0.1, 0.15) is 24.9 Å². The average Bonchev–Trinajstić information content (AvgIpc) is 3.56. The van der Waals surface area contributed by atoms with Crippen LogP contribution in [0.5, 0.6) is 0 Å². The van der Waals surface area contributed by atoms with E-state index in [0.717, 1.165) is 66.1 Å². The first-order valence-electron chi connectivity index (χ1n) is 17.9. The maximum absolute atomic E-state index is 13.2.